The van der Waals surface area contributed by atoms with Gasteiger partial charge in [0.15, 0.2) is 0 Å². The summed E-state index contributed by atoms with van der Waals surface area (Å²) < 4.78 is 5.43. The van der Waals surface area contributed by atoms with Gasteiger partial charge in [-0.15, -0.1) is 0 Å². The number of nitrogens with zero attached hydrogens (tertiary/aromatic N) is 3. The predicted octanol–water partition coefficient (Wildman–Crippen LogP) is 2.32. The van der Waals surface area contributed by atoms with E-state index in [2.05, 4.69) is 20.2 Å². The van der Waals surface area contributed by atoms with E-state index in [4.69, 9.17) is 4.74 Å². The maximum absolute atomic E-state index is 12.4. The van der Waals surface area contributed by atoms with Gasteiger partial charge in [0.1, 0.15) is 0 Å². The van der Waals surface area contributed by atoms with Crippen molar-refractivity contribution < 1.29 is 9.53 Å². The quantitative estimate of drug-likeness (QED) is 0.856. The highest BCUT2D eigenvalue weighted by Crippen LogP contribution is 2.28. The van der Waals surface area contributed by atoms with Crippen molar-refractivity contribution in [3.63, 3.8) is 0 Å². The number of carbonyl (C=O) groups is 1. The molecule has 25 heavy (non-hydrogen) atoms. The summed E-state index contributed by atoms with van der Waals surface area (Å²) in [6.45, 7) is 4.74. The van der Waals surface area contributed by atoms with Crippen LogP contribution in [0, 0.1) is 18.8 Å². The molecule has 0 spiro atoms. The Morgan fingerprint density at radius 1 is 1.36 bits per heavy atom. The molecule has 1 aromatic rings. The summed E-state index contributed by atoms with van der Waals surface area (Å²) in [5.41, 5.74) is 1.00. The first kappa shape index (κ1) is 18.1. The fourth-order valence-electron chi connectivity index (χ4n) is 4.11. The zero-order chi connectivity index (χ0) is 17.6. The highest BCUT2D eigenvalue weighted by molar-refractivity contribution is 5.79. The summed E-state index contributed by atoms with van der Waals surface area (Å²) in [4.78, 5) is 23.6. The number of carbonyl (C=O) groups excluding carboxylic acids is 1. The summed E-state index contributed by atoms with van der Waals surface area (Å²) in [6.07, 6.45) is 8.35. The zero-order valence-corrected chi connectivity index (χ0v) is 15.4. The molecule has 138 valence electrons. The van der Waals surface area contributed by atoms with Crippen molar-refractivity contribution in [1.29, 1.82) is 0 Å². The molecule has 2 aliphatic rings. The third-order valence-corrected chi connectivity index (χ3v) is 5.53. The van der Waals surface area contributed by atoms with Crippen molar-refractivity contribution in [2.24, 2.45) is 11.8 Å². The van der Waals surface area contributed by atoms with Crippen molar-refractivity contribution >= 4 is 11.9 Å². The number of anilines is 1. The standard InChI is InChI=1S/C19H30N4O2/c1-14-8-10-21-19(22-14)23-12-4-5-15(13-23)9-11-20-18(24)16-6-3-7-17(16)25-2/h8,10,15-17H,3-7,9,11-13H2,1-2H3,(H,20,24). The lowest BCUT2D eigenvalue weighted by atomic mass is 9.95. The SMILES string of the molecule is COC1CCCC1C(=O)NCCC1CCCN(c2nccc(C)n2)C1. The van der Waals surface area contributed by atoms with E-state index in [1.807, 2.05) is 19.2 Å². The first-order valence-corrected chi connectivity index (χ1v) is 9.52. The number of ether oxygens (including phenoxy) is 1. The van der Waals surface area contributed by atoms with Gasteiger partial charge in [0.2, 0.25) is 11.9 Å². The Balaban J connectivity index is 1.44. The minimum Gasteiger partial charge on any atom is -0.381 e. The van der Waals surface area contributed by atoms with Crippen LogP contribution in [-0.4, -0.2) is 48.7 Å². The van der Waals surface area contributed by atoms with Crippen LogP contribution in [0.25, 0.3) is 0 Å². The van der Waals surface area contributed by atoms with Crippen molar-refractivity contribution in [3.8, 4) is 0 Å². The number of piperidine rings is 1. The minimum absolute atomic E-state index is 0.0357. The molecule has 0 radical (unpaired) electrons. The third kappa shape index (κ3) is 4.69. The van der Waals surface area contributed by atoms with Gasteiger partial charge >= 0.3 is 0 Å². The summed E-state index contributed by atoms with van der Waals surface area (Å²) in [5, 5.41) is 3.13. The molecule has 1 aliphatic carbocycles. The smallest absolute Gasteiger partial charge is 0.225 e. The fraction of sp³-hybridized carbons (Fsp3) is 0.737. The predicted molar refractivity (Wildman–Crippen MR) is 97.5 cm³/mol. The van der Waals surface area contributed by atoms with Crippen LogP contribution in [-0.2, 0) is 9.53 Å². The highest BCUT2D eigenvalue weighted by Gasteiger charge is 2.32. The zero-order valence-electron chi connectivity index (χ0n) is 15.4. The van der Waals surface area contributed by atoms with Crippen LogP contribution in [0.15, 0.2) is 12.3 Å². The van der Waals surface area contributed by atoms with Crippen molar-refractivity contribution in [1.82, 2.24) is 15.3 Å². The van der Waals surface area contributed by atoms with Gasteiger partial charge in [-0.05, 0) is 57.4 Å². The Labute approximate surface area is 150 Å². The van der Waals surface area contributed by atoms with Gasteiger partial charge in [-0.25, -0.2) is 9.97 Å². The average molecular weight is 346 g/mol. The van der Waals surface area contributed by atoms with Crippen LogP contribution in [0.4, 0.5) is 5.95 Å². The maximum Gasteiger partial charge on any atom is 0.225 e. The maximum atomic E-state index is 12.4. The second-order valence-corrected chi connectivity index (χ2v) is 7.34. The number of hydrogen-bond acceptors (Lipinski definition) is 5. The lowest BCUT2D eigenvalue weighted by molar-refractivity contribution is -0.128. The van der Waals surface area contributed by atoms with Crippen molar-refractivity contribution in [3.05, 3.63) is 18.0 Å². The average Bonchev–Trinajstić information content (AvgIpc) is 3.11. The number of nitrogens with one attached hydrogen (secondary N) is 1. The van der Waals surface area contributed by atoms with Gasteiger partial charge in [0, 0.05) is 38.6 Å². The Hall–Kier alpha value is -1.69. The first-order valence-electron chi connectivity index (χ1n) is 9.52. The Morgan fingerprint density at radius 2 is 2.24 bits per heavy atom. The second-order valence-electron chi connectivity index (χ2n) is 7.34. The molecule has 1 saturated heterocycles. The van der Waals surface area contributed by atoms with Gasteiger partial charge < -0.3 is 15.0 Å². The molecule has 3 unspecified atom stereocenters. The topological polar surface area (TPSA) is 67.3 Å². The van der Waals surface area contributed by atoms with Gasteiger partial charge in [-0.2, -0.15) is 0 Å². The summed E-state index contributed by atoms with van der Waals surface area (Å²) >= 11 is 0. The number of rotatable bonds is 6. The van der Waals surface area contributed by atoms with Crippen molar-refractivity contribution in [2.45, 2.75) is 51.6 Å². The van der Waals surface area contributed by atoms with E-state index in [1.165, 1.54) is 6.42 Å². The van der Waals surface area contributed by atoms with E-state index >= 15 is 0 Å². The molecule has 1 N–H and O–H groups in total. The van der Waals surface area contributed by atoms with Crippen LogP contribution in [0.1, 0.15) is 44.2 Å². The third-order valence-electron chi connectivity index (χ3n) is 5.53. The Bertz CT molecular complexity index is 580. The molecule has 0 aromatic carbocycles. The summed E-state index contributed by atoms with van der Waals surface area (Å²) in [5.74, 6) is 1.62. The molecule has 1 amide bonds. The van der Waals surface area contributed by atoms with E-state index in [0.29, 0.717) is 5.92 Å². The normalized spacial score (nSPS) is 26.6. The number of hydrogen-bond donors (Lipinski definition) is 1. The van der Waals surface area contributed by atoms with Crippen LogP contribution in [0.2, 0.25) is 0 Å². The van der Waals surface area contributed by atoms with Gasteiger partial charge in [-0.3, -0.25) is 4.79 Å². The molecular weight excluding hydrogens is 316 g/mol. The van der Waals surface area contributed by atoms with E-state index in [-0.39, 0.29) is 17.9 Å². The molecule has 0 bridgehead atoms. The van der Waals surface area contributed by atoms with Gasteiger partial charge in [0.25, 0.3) is 0 Å². The molecule has 1 saturated carbocycles. The lowest BCUT2D eigenvalue weighted by Crippen LogP contribution is -2.40. The number of methoxy groups -OCH3 is 1. The van der Waals surface area contributed by atoms with Gasteiger partial charge in [0.05, 0.1) is 12.0 Å². The van der Waals surface area contributed by atoms with Crippen LogP contribution >= 0.6 is 0 Å². The molecule has 6 heteroatoms. The van der Waals surface area contributed by atoms with Crippen LogP contribution in [0.5, 0.6) is 0 Å². The Morgan fingerprint density at radius 3 is 3.04 bits per heavy atom. The molecule has 2 heterocycles. The second kappa shape index (κ2) is 8.61. The van der Waals surface area contributed by atoms with E-state index in [1.54, 1.807) is 7.11 Å². The molecule has 2 fully saturated rings. The Kier molecular flexibility index (Phi) is 6.24. The van der Waals surface area contributed by atoms with E-state index < -0.39 is 0 Å². The van der Waals surface area contributed by atoms with Gasteiger partial charge in [-0.1, -0.05) is 0 Å². The first-order chi connectivity index (χ1) is 12.2. The van der Waals surface area contributed by atoms with E-state index in [0.717, 1.165) is 63.4 Å². The molecule has 3 atom stereocenters. The highest BCUT2D eigenvalue weighted by atomic mass is 16.5. The molecule has 6 nitrogen and oxygen atoms in total. The fourth-order valence-corrected chi connectivity index (χ4v) is 4.11. The largest absolute Gasteiger partial charge is 0.381 e. The molecule has 1 aromatic heterocycles. The number of aryl methyl sites for hydroxylation is 1. The monoisotopic (exact) mass is 346 g/mol. The van der Waals surface area contributed by atoms with Crippen molar-refractivity contribution in [2.75, 3.05) is 31.6 Å². The lowest BCUT2D eigenvalue weighted by Gasteiger charge is -2.33. The minimum atomic E-state index is 0.0357. The summed E-state index contributed by atoms with van der Waals surface area (Å²) in [7, 11) is 1.71. The van der Waals surface area contributed by atoms with Crippen LogP contribution < -0.4 is 10.2 Å². The van der Waals surface area contributed by atoms with Crippen LogP contribution in [0.3, 0.4) is 0 Å². The summed E-state index contributed by atoms with van der Waals surface area (Å²) in [6, 6.07) is 1.93. The number of amides is 1. The molecular formula is C19H30N4O2. The van der Waals surface area contributed by atoms with E-state index in [9.17, 15) is 4.79 Å². The number of aromatic nitrogens is 2. The molecule has 3 rings (SSSR count). The molecule has 1 aliphatic heterocycles.